The molecule has 0 saturated carbocycles. The lowest BCUT2D eigenvalue weighted by Crippen LogP contribution is -2.04. The second-order valence-electron chi connectivity index (χ2n) is 3.46. The van der Waals surface area contributed by atoms with Gasteiger partial charge in [0.25, 0.3) is 0 Å². The van der Waals surface area contributed by atoms with E-state index in [1.807, 2.05) is 0 Å². The number of carbonyl (C=O) groups is 1. The number of aromatic carboxylic acids is 1. The predicted octanol–water partition coefficient (Wildman–Crippen LogP) is 3.38. The van der Waals surface area contributed by atoms with Crippen molar-refractivity contribution in [1.82, 2.24) is 4.98 Å². The van der Waals surface area contributed by atoms with Gasteiger partial charge in [0, 0.05) is 17.3 Å². The van der Waals surface area contributed by atoms with Gasteiger partial charge in [0.2, 0.25) is 0 Å². The van der Waals surface area contributed by atoms with Gasteiger partial charge in [0.1, 0.15) is 0 Å². The predicted molar refractivity (Wildman–Crippen MR) is 61.6 cm³/mol. The van der Waals surface area contributed by atoms with E-state index in [2.05, 4.69) is 4.98 Å². The summed E-state index contributed by atoms with van der Waals surface area (Å²) < 4.78 is 26.7. The maximum Gasteiger partial charge on any atom is 0.355 e. The van der Waals surface area contributed by atoms with E-state index >= 15 is 0 Å². The van der Waals surface area contributed by atoms with Crippen LogP contribution in [-0.4, -0.2) is 16.1 Å². The molecule has 2 rings (SSSR count). The van der Waals surface area contributed by atoms with E-state index in [0.29, 0.717) is 0 Å². The van der Waals surface area contributed by atoms with Crippen LogP contribution < -0.4 is 0 Å². The molecule has 0 atom stereocenters. The Bertz CT molecular complexity index is 631. The third-order valence-corrected chi connectivity index (χ3v) is 2.51. The van der Waals surface area contributed by atoms with Gasteiger partial charge in [0.15, 0.2) is 17.3 Å². The zero-order valence-corrected chi connectivity index (χ0v) is 9.58. The molecule has 0 spiro atoms. The van der Waals surface area contributed by atoms with Crippen LogP contribution in [0.3, 0.4) is 0 Å². The Morgan fingerprint density at radius 2 is 2.00 bits per heavy atom. The molecule has 6 heteroatoms. The Balaban J connectivity index is 2.73. The van der Waals surface area contributed by atoms with E-state index < -0.39 is 17.6 Å². The number of pyridine rings is 1. The number of hydrogen-bond acceptors (Lipinski definition) is 2. The second kappa shape index (κ2) is 4.70. The highest BCUT2D eigenvalue weighted by Gasteiger charge is 2.18. The number of carboxylic acid groups (broad SMARTS) is 1. The molecule has 3 nitrogen and oxygen atoms in total. The standard InChI is InChI=1S/C12H6ClF2NO2/c13-6-4-8(11(12(17)18)16-5-6)7-2-1-3-9(14)10(7)15/h1-5H,(H,17,18). The molecular formula is C12H6ClF2NO2. The first kappa shape index (κ1) is 12.4. The van der Waals surface area contributed by atoms with Crippen molar-refractivity contribution in [3.63, 3.8) is 0 Å². The fraction of sp³-hybridized carbons (Fsp3) is 0. The summed E-state index contributed by atoms with van der Waals surface area (Å²) in [5.41, 5.74) is -0.640. The Kier molecular flexibility index (Phi) is 3.25. The number of hydrogen-bond donors (Lipinski definition) is 1. The molecule has 2 aromatic rings. The summed E-state index contributed by atoms with van der Waals surface area (Å²) in [4.78, 5) is 14.6. The minimum absolute atomic E-state index is 0.0630. The smallest absolute Gasteiger partial charge is 0.355 e. The molecule has 0 radical (unpaired) electrons. The fourth-order valence-corrected chi connectivity index (χ4v) is 1.68. The topological polar surface area (TPSA) is 50.2 Å². The van der Waals surface area contributed by atoms with Crippen molar-refractivity contribution in [2.45, 2.75) is 0 Å². The highest BCUT2D eigenvalue weighted by Crippen LogP contribution is 2.28. The molecular weight excluding hydrogens is 264 g/mol. The maximum atomic E-state index is 13.6. The first-order valence-corrected chi connectivity index (χ1v) is 5.21. The number of carboxylic acids is 1. The number of benzene rings is 1. The highest BCUT2D eigenvalue weighted by atomic mass is 35.5. The largest absolute Gasteiger partial charge is 0.476 e. The van der Waals surface area contributed by atoms with E-state index in [0.717, 1.165) is 12.3 Å². The minimum Gasteiger partial charge on any atom is -0.476 e. The molecule has 1 aromatic heterocycles. The lowest BCUT2D eigenvalue weighted by atomic mass is 10.0. The average molecular weight is 270 g/mol. The van der Waals surface area contributed by atoms with Gasteiger partial charge in [-0.25, -0.2) is 18.6 Å². The Labute approximate surface area is 106 Å². The molecule has 0 saturated heterocycles. The van der Waals surface area contributed by atoms with Gasteiger partial charge in [-0.05, 0) is 12.1 Å². The summed E-state index contributed by atoms with van der Waals surface area (Å²) in [7, 11) is 0. The van der Waals surface area contributed by atoms with Crippen molar-refractivity contribution >= 4 is 17.6 Å². The van der Waals surface area contributed by atoms with E-state index in [1.165, 1.54) is 18.2 Å². The molecule has 92 valence electrons. The van der Waals surface area contributed by atoms with Crippen LogP contribution >= 0.6 is 11.6 Å². The summed E-state index contributed by atoms with van der Waals surface area (Å²) >= 11 is 5.69. The second-order valence-corrected chi connectivity index (χ2v) is 3.89. The zero-order valence-electron chi connectivity index (χ0n) is 8.82. The average Bonchev–Trinajstić information content (AvgIpc) is 2.32. The summed E-state index contributed by atoms with van der Waals surface area (Å²) in [6.07, 6.45) is 1.13. The van der Waals surface area contributed by atoms with Crippen LogP contribution in [-0.2, 0) is 0 Å². The molecule has 0 bridgehead atoms. The van der Waals surface area contributed by atoms with Crippen molar-refractivity contribution in [2.75, 3.05) is 0 Å². The van der Waals surface area contributed by atoms with Gasteiger partial charge >= 0.3 is 5.97 Å². The van der Waals surface area contributed by atoms with E-state index in [4.69, 9.17) is 16.7 Å². The fourth-order valence-electron chi connectivity index (χ4n) is 1.53. The molecule has 0 aliphatic rings. The molecule has 0 fully saturated rings. The van der Waals surface area contributed by atoms with E-state index in [9.17, 15) is 13.6 Å². The van der Waals surface area contributed by atoms with Crippen molar-refractivity contribution < 1.29 is 18.7 Å². The van der Waals surface area contributed by atoms with Crippen molar-refractivity contribution in [2.24, 2.45) is 0 Å². The van der Waals surface area contributed by atoms with Gasteiger partial charge in [-0.15, -0.1) is 0 Å². The highest BCUT2D eigenvalue weighted by molar-refractivity contribution is 6.30. The van der Waals surface area contributed by atoms with Crippen molar-refractivity contribution in [1.29, 1.82) is 0 Å². The minimum atomic E-state index is -1.34. The molecule has 1 aromatic carbocycles. The summed E-state index contributed by atoms with van der Waals surface area (Å²) in [5, 5.41) is 9.09. The number of aromatic nitrogens is 1. The summed E-state index contributed by atoms with van der Waals surface area (Å²) in [6, 6.07) is 4.71. The van der Waals surface area contributed by atoms with Crippen LogP contribution in [0.4, 0.5) is 8.78 Å². The van der Waals surface area contributed by atoms with Gasteiger partial charge in [0.05, 0.1) is 5.02 Å². The number of nitrogens with zero attached hydrogens (tertiary/aromatic N) is 1. The Hall–Kier alpha value is -2.01. The van der Waals surface area contributed by atoms with Crippen LogP contribution in [0.5, 0.6) is 0 Å². The molecule has 18 heavy (non-hydrogen) atoms. The van der Waals surface area contributed by atoms with Crippen LogP contribution in [0.1, 0.15) is 10.5 Å². The van der Waals surface area contributed by atoms with Crippen LogP contribution in [0, 0.1) is 11.6 Å². The Morgan fingerprint density at radius 3 is 2.67 bits per heavy atom. The third-order valence-electron chi connectivity index (χ3n) is 2.30. The van der Waals surface area contributed by atoms with E-state index in [-0.39, 0.29) is 21.8 Å². The quantitative estimate of drug-likeness (QED) is 0.909. The van der Waals surface area contributed by atoms with E-state index in [1.54, 1.807) is 0 Å². The van der Waals surface area contributed by atoms with Crippen LogP contribution in [0.25, 0.3) is 11.1 Å². The molecule has 0 aliphatic carbocycles. The first-order valence-electron chi connectivity index (χ1n) is 4.84. The summed E-state index contributed by atoms with van der Waals surface area (Å²) in [6.45, 7) is 0. The Morgan fingerprint density at radius 1 is 1.28 bits per heavy atom. The number of halogens is 3. The first-order chi connectivity index (χ1) is 8.50. The number of rotatable bonds is 2. The van der Waals surface area contributed by atoms with Gasteiger partial charge < -0.3 is 5.11 Å². The van der Waals surface area contributed by atoms with Crippen molar-refractivity contribution in [3.05, 3.63) is 52.8 Å². The molecule has 0 aliphatic heterocycles. The van der Waals surface area contributed by atoms with Gasteiger partial charge in [-0.2, -0.15) is 0 Å². The lowest BCUT2D eigenvalue weighted by Gasteiger charge is -2.07. The SMILES string of the molecule is O=C(O)c1ncc(Cl)cc1-c1cccc(F)c1F. The maximum absolute atomic E-state index is 13.6. The zero-order chi connectivity index (χ0) is 13.3. The molecule has 0 unspecified atom stereocenters. The normalized spacial score (nSPS) is 10.4. The van der Waals surface area contributed by atoms with Crippen LogP contribution in [0.15, 0.2) is 30.5 Å². The van der Waals surface area contributed by atoms with Crippen LogP contribution in [0.2, 0.25) is 5.02 Å². The monoisotopic (exact) mass is 269 g/mol. The van der Waals surface area contributed by atoms with Crippen molar-refractivity contribution in [3.8, 4) is 11.1 Å². The van der Waals surface area contributed by atoms with Gasteiger partial charge in [-0.3, -0.25) is 0 Å². The third kappa shape index (κ3) is 2.17. The molecule has 1 heterocycles. The summed E-state index contributed by atoms with van der Waals surface area (Å²) in [5.74, 6) is -3.54. The molecule has 1 N–H and O–H groups in total. The van der Waals surface area contributed by atoms with Gasteiger partial charge in [-0.1, -0.05) is 23.7 Å². The lowest BCUT2D eigenvalue weighted by molar-refractivity contribution is 0.0691. The molecule has 0 amide bonds.